The monoisotopic (exact) mass is 424 g/mol. The van der Waals surface area contributed by atoms with Crippen LogP contribution < -0.4 is 10.5 Å². The summed E-state index contributed by atoms with van der Waals surface area (Å²) in [6.45, 7) is 3.06. The lowest BCUT2D eigenvalue weighted by molar-refractivity contribution is 0.667. The van der Waals surface area contributed by atoms with Gasteiger partial charge in [-0.1, -0.05) is 25.1 Å². The van der Waals surface area contributed by atoms with E-state index in [1.807, 2.05) is 35.2 Å². The van der Waals surface area contributed by atoms with E-state index < -0.39 is 0 Å². The lowest BCUT2D eigenvalue weighted by atomic mass is 10.2. The zero-order chi connectivity index (χ0) is 22.1. The summed E-state index contributed by atoms with van der Waals surface area (Å²) in [5.41, 5.74) is 2.18. The fourth-order valence-electron chi connectivity index (χ4n) is 3.95. The topological polar surface area (TPSA) is 108 Å². The summed E-state index contributed by atoms with van der Waals surface area (Å²) in [5, 5.41) is 15.0. The van der Waals surface area contributed by atoms with Crippen LogP contribution in [-0.2, 0) is 6.54 Å². The molecule has 0 aliphatic rings. The fraction of sp³-hybridized carbons (Fsp3) is 0.174. The Bertz CT molecular complexity index is 1510. The summed E-state index contributed by atoms with van der Waals surface area (Å²) in [6.07, 6.45) is 5.73. The Kier molecular flexibility index (Phi) is 4.88. The van der Waals surface area contributed by atoms with Crippen LogP contribution in [-0.4, -0.2) is 35.7 Å². The molecule has 0 amide bonds. The average Bonchev–Trinajstić information content (AvgIpc) is 3.46. The number of aromatic amines is 1. The number of nitrogens with zero attached hydrogens (tertiary/aromatic N) is 7. The quantitative estimate of drug-likeness (QED) is 0.449. The van der Waals surface area contributed by atoms with E-state index in [0.717, 1.165) is 12.1 Å². The largest absolute Gasteiger partial charge is 0.348 e. The van der Waals surface area contributed by atoms with E-state index in [4.69, 9.17) is 5.10 Å². The number of hydrogen-bond acceptors (Lipinski definition) is 6. The number of aromatic nitrogens is 6. The van der Waals surface area contributed by atoms with Crippen molar-refractivity contribution in [3.05, 3.63) is 82.9 Å². The van der Waals surface area contributed by atoms with Crippen LogP contribution in [0, 0.1) is 11.3 Å². The van der Waals surface area contributed by atoms with Crippen molar-refractivity contribution in [2.75, 3.05) is 11.4 Å². The maximum atomic E-state index is 13.4. The van der Waals surface area contributed by atoms with Crippen LogP contribution in [0.2, 0.25) is 0 Å². The van der Waals surface area contributed by atoms with E-state index in [0.29, 0.717) is 46.8 Å². The van der Waals surface area contributed by atoms with Crippen molar-refractivity contribution in [1.82, 2.24) is 29.1 Å². The predicted octanol–water partition coefficient (Wildman–Crippen LogP) is 3.04. The van der Waals surface area contributed by atoms with Crippen LogP contribution in [0.15, 0.2) is 66.0 Å². The van der Waals surface area contributed by atoms with Gasteiger partial charge in [0.15, 0.2) is 5.82 Å². The molecule has 4 aromatic heterocycles. The number of para-hydroxylation sites is 1. The number of rotatable bonds is 6. The first-order valence-corrected chi connectivity index (χ1v) is 10.3. The number of nitriles is 1. The molecule has 4 heterocycles. The summed E-state index contributed by atoms with van der Waals surface area (Å²) < 4.78 is 3.24. The molecule has 158 valence electrons. The third-order valence-electron chi connectivity index (χ3n) is 5.34. The van der Waals surface area contributed by atoms with Crippen LogP contribution in [0.3, 0.4) is 0 Å². The molecule has 9 nitrogen and oxygen atoms in total. The Hall–Kier alpha value is -4.45. The van der Waals surface area contributed by atoms with Crippen LogP contribution in [0.4, 0.5) is 5.82 Å². The van der Waals surface area contributed by atoms with Crippen LogP contribution in [0.5, 0.6) is 0 Å². The molecular formula is C23H20N8O. The predicted molar refractivity (Wildman–Crippen MR) is 121 cm³/mol. The van der Waals surface area contributed by atoms with Crippen molar-refractivity contribution >= 4 is 22.4 Å². The summed E-state index contributed by atoms with van der Waals surface area (Å²) in [6, 6.07) is 15.2. The lowest BCUT2D eigenvalue weighted by Crippen LogP contribution is -2.32. The highest BCUT2D eigenvalue weighted by molar-refractivity contribution is 5.92. The second-order valence-corrected chi connectivity index (χ2v) is 7.39. The molecule has 0 aliphatic heterocycles. The molecule has 0 aliphatic carbocycles. The number of anilines is 1. The Morgan fingerprint density at radius 1 is 1.16 bits per heavy atom. The van der Waals surface area contributed by atoms with Crippen molar-refractivity contribution in [2.45, 2.75) is 19.9 Å². The lowest BCUT2D eigenvalue weighted by Gasteiger charge is -2.25. The number of benzene rings is 1. The molecule has 1 N–H and O–H groups in total. The third-order valence-corrected chi connectivity index (χ3v) is 5.34. The highest BCUT2D eigenvalue weighted by Gasteiger charge is 2.20. The highest BCUT2D eigenvalue weighted by atomic mass is 16.1. The van der Waals surface area contributed by atoms with Gasteiger partial charge in [0.2, 0.25) is 0 Å². The number of hydrogen-bond donors (Lipinski definition) is 1. The molecule has 9 heteroatoms. The maximum absolute atomic E-state index is 13.4. The van der Waals surface area contributed by atoms with Crippen molar-refractivity contribution in [3.63, 3.8) is 0 Å². The van der Waals surface area contributed by atoms with Gasteiger partial charge in [0.05, 0.1) is 23.2 Å². The Balaban J connectivity index is 1.70. The van der Waals surface area contributed by atoms with Gasteiger partial charge in [-0.3, -0.25) is 9.36 Å². The molecule has 32 heavy (non-hydrogen) atoms. The maximum Gasteiger partial charge on any atom is 0.282 e. The van der Waals surface area contributed by atoms with Crippen molar-refractivity contribution in [3.8, 4) is 11.8 Å². The minimum Gasteiger partial charge on any atom is -0.348 e. The molecule has 0 saturated carbocycles. The van der Waals surface area contributed by atoms with Gasteiger partial charge in [0.25, 0.3) is 5.56 Å². The third kappa shape index (κ3) is 3.18. The van der Waals surface area contributed by atoms with E-state index in [-0.39, 0.29) is 5.56 Å². The summed E-state index contributed by atoms with van der Waals surface area (Å²) >= 11 is 0. The van der Waals surface area contributed by atoms with Crippen LogP contribution in [0.1, 0.15) is 24.7 Å². The Labute approximate surface area is 183 Å². The first-order valence-electron chi connectivity index (χ1n) is 10.3. The van der Waals surface area contributed by atoms with Gasteiger partial charge in [-0.05, 0) is 30.7 Å². The molecule has 5 aromatic rings. The van der Waals surface area contributed by atoms with Gasteiger partial charge in [-0.15, -0.1) is 0 Å². The molecule has 0 radical (unpaired) electrons. The molecule has 0 atom stereocenters. The van der Waals surface area contributed by atoms with E-state index in [1.165, 1.54) is 6.33 Å². The Morgan fingerprint density at radius 2 is 2.00 bits per heavy atom. The van der Waals surface area contributed by atoms with Gasteiger partial charge in [-0.2, -0.15) is 10.4 Å². The second kappa shape index (κ2) is 8.00. The molecule has 0 fully saturated rings. The highest BCUT2D eigenvalue weighted by Crippen LogP contribution is 2.27. The zero-order valence-corrected chi connectivity index (χ0v) is 17.4. The molecule has 0 unspecified atom stereocenters. The smallest absolute Gasteiger partial charge is 0.282 e. The minimum absolute atomic E-state index is 0.144. The summed E-state index contributed by atoms with van der Waals surface area (Å²) in [5.74, 6) is 1.20. The normalized spacial score (nSPS) is 11.1. The van der Waals surface area contributed by atoms with Gasteiger partial charge < -0.3 is 9.88 Å². The summed E-state index contributed by atoms with van der Waals surface area (Å²) in [7, 11) is 0. The van der Waals surface area contributed by atoms with E-state index in [2.05, 4.69) is 27.9 Å². The van der Waals surface area contributed by atoms with Crippen LogP contribution >= 0.6 is 0 Å². The van der Waals surface area contributed by atoms with Crippen molar-refractivity contribution in [2.24, 2.45) is 0 Å². The van der Waals surface area contributed by atoms with Gasteiger partial charge in [0, 0.05) is 18.9 Å². The number of nitrogens with one attached hydrogen (secondary N) is 1. The van der Waals surface area contributed by atoms with Crippen LogP contribution in [0.25, 0.3) is 22.2 Å². The van der Waals surface area contributed by atoms with Gasteiger partial charge in [-0.25, -0.2) is 14.5 Å². The molecule has 1 aromatic carbocycles. The molecule has 0 bridgehead atoms. The van der Waals surface area contributed by atoms with Crippen molar-refractivity contribution < 1.29 is 0 Å². The van der Waals surface area contributed by atoms with Gasteiger partial charge >= 0.3 is 0 Å². The molecule has 0 saturated heterocycles. The van der Waals surface area contributed by atoms with E-state index >= 15 is 0 Å². The second-order valence-electron chi connectivity index (χ2n) is 7.39. The SMILES string of the molecule is CCCN(Cc1nn2cccc2c(=O)n1-c1ccccc1)c1ncnc2[nH]cc(C#N)c12. The fourth-order valence-corrected chi connectivity index (χ4v) is 3.95. The summed E-state index contributed by atoms with van der Waals surface area (Å²) in [4.78, 5) is 27.2. The Morgan fingerprint density at radius 3 is 2.78 bits per heavy atom. The average molecular weight is 424 g/mol. The van der Waals surface area contributed by atoms with Crippen molar-refractivity contribution in [1.29, 1.82) is 5.26 Å². The van der Waals surface area contributed by atoms with Gasteiger partial charge in [0.1, 0.15) is 29.4 Å². The number of fused-ring (bicyclic) bond motifs is 2. The molecule has 5 rings (SSSR count). The standard InChI is InChI=1S/C23H20N8O/c1-2-10-29(22-20-16(12-24)13-25-21(20)26-15-27-22)14-19-28-30-11-6-9-18(30)23(32)31(19)17-7-4-3-5-8-17/h3-9,11,13,15H,2,10,14H2,1H3,(H,25,26,27). The zero-order valence-electron chi connectivity index (χ0n) is 17.4. The van der Waals surface area contributed by atoms with E-state index in [9.17, 15) is 10.1 Å². The van der Waals surface area contributed by atoms with E-state index in [1.54, 1.807) is 33.6 Å². The first-order chi connectivity index (χ1) is 15.7. The number of H-pyrrole nitrogens is 1. The molecular weight excluding hydrogens is 404 g/mol. The molecule has 0 spiro atoms. The minimum atomic E-state index is -0.144. The first kappa shape index (κ1) is 19.5.